The van der Waals surface area contributed by atoms with Crippen molar-refractivity contribution in [3.63, 3.8) is 0 Å². The smallest absolute Gasteiger partial charge is 0.0437 e. The molecule has 104 valence electrons. The number of rotatable bonds is 2. The van der Waals surface area contributed by atoms with Gasteiger partial charge in [-0.1, -0.05) is 11.9 Å². The van der Waals surface area contributed by atoms with Crippen LogP contribution in [0, 0.1) is 48.5 Å². The van der Waals surface area contributed by atoms with Crippen molar-refractivity contribution >= 4 is 11.9 Å². The summed E-state index contributed by atoms with van der Waals surface area (Å²) in [6.45, 7) is 0. The van der Waals surface area contributed by atoms with Gasteiger partial charge < -0.3 is 78.7 Å². The van der Waals surface area contributed by atoms with E-state index >= 15 is 0 Å². The fourth-order valence-corrected chi connectivity index (χ4v) is 0.846. The first-order valence-corrected chi connectivity index (χ1v) is 4.63. The summed E-state index contributed by atoms with van der Waals surface area (Å²) >= 11 is 0. The Morgan fingerprint density at radius 2 is 1.00 bits per heavy atom. The van der Waals surface area contributed by atoms with Crippen LogP contribution in [0.1, 0.15) is 20.7 Å². The molecule has 2 rings (SSSR count). The van der Waals surface area contributed by atoms with Crippen LogP contribution in [0.25, 0.3) is 0 Å². The van der Waals surface area contributed by atoms with Gasteiger partial charge in [0.2, 0.25) is 0 Å². The molecule has 0 saturated carbocycles. The third kappa shape index (κ3) is 5.55. The van der Waals surface area contributed by atoms with Crippen LogP contribution in [-0.4, -0.2) is 26.2 Å². The summed E-state index contributed by atoms with van der Waals surface area (Å²) in [5, 5.41) is 0. The molecular weight excluding hydrogens is 288 g/mol. The van der Waals surface area contributed by atoms with Gasteiger partial charge in [-0.3, -0.25) is 0 Å². The molecule has 0 amide bonds. The predicted molar refractivity (Wildman–Crippen MR) is 57.4 cm³/mol. The third-order valence-corrected chi connectivity index (χ3v) is 1.65. The van der Waals surface area contributed by atoms with E-state index in [1.807, 2.05) is 0 Å². The first kappa shape index (κ1) is 17.2. The van der Waals surface area contributed by atoms with Gasteiger partial charge in [0, 0.05) is 31.3 Å². The molecule has 0 heterocycles. The molecule has 4 nitrogen and oxygen atoms in total. The zero-order chi connectivity index (χ0) is 13.4. The average Bonchev–Trinajstić information content (AvgIpc) is 3.09. The van der Waals surface area contributed by atoms with Crippen molar-refractivity contribution in [2.45, 2.75) is 0 Å². The summed E-state index contributed by atoms with van der Waals surface area (Å²) < 4.78 is 8.71. The van der Waals surface area contributed by atoms with Gasteiger partial charge >= 0.3 is 0 Å². The Balaban J connectivity index is 0.000000324. The largest absolute Gasteiger partial charge is 0.886 e. The zero-order valence-electron chi connectivity index (χ0n) is 9.99. The van der Waals surface area contributed by atoms with Gasteiger partial charge in [-0.05, 0) is 0 Å². The predicted octanol–water partition coefficient (Wildman–Crippen LogP) is 0.783. The van der Waals surface area contributed by atoms with Gasteiger partial charge in [0.15, 0.2) is 0 Å². The molecular formula is C14H6FeO4-10. The van der Waals surface area contributed by atoms with E-state index in [1.54, 1.807) is 0 Å². The van der Waals surface area contributed by atoms with Crippen molar-refractivity contribution in [1.82, 2.24) is 0 Å². The van der Waals surface area contributed by atoms with E-state index in [4.69, 9.17) is 0 Å². The minimum atomic E-state index is -0.451. The van der Waals surface area contributed by atoms with Crippen molar-refractivity contribution in [3.05, 3.63) is 59.7 Å². The number of ether oxygens (including phenoxy) is 2. The number of hydrogen-bond acceptors (Lipinski definition) is 4. The Labute approximate surface area is 122 Å². The van der Waals surface area contributed by atoms with Crippen LogP contribution in [0.2, 0.25) is 0 Å². The Morgan fingerprint density at radius 3 is 1.21 bits per heavy atom. The average molecular weight is 294 g/mol. The Hall–Kier alpha value is -1.84. The standard InChI is InChI=1S/2C7H3O2.Fe/c2*1-9-7(8)6-4-2-3-5-6;/h2*1H3;/q2*-5;. The molecule has 19 heavy (non-hydrogen) atoms. The van der Waals surface area contributed by atoms with Crippen molar-refractivity contribution in [2.24, 2.45) is 0 Å². The normalized spacial score (nSPS) is 8.53. The number of hydrogen-bond donors (Lipinski definition) is 0. The van der Waals surface area contributed by atoms with Crippen LogP contribution in [0.5, 0.6) is 0 Å². The monoisotopic (exact) mass is 294 g/mol. The number of carbonyl (C=O) groups excluding carboxylic acids is 2. The maximum Gasteiger partial charge on any atom is 0.0437 e. The van der Waals surface area contributed by atoms with E-state index in [9.17, 15) is 9.59 Å². The van der Waals surface area contributed by atoms with Crippen molar-refractivity contribution in [3.8, 4) is 0 Å². The molecule has 0 saturated heterocycles. The summed E-state index contributed by atoms with van der Waals surface area (Å²) in [5.41, 5.74) is 0.495. The number of methoxy groups -OCH3 is 2. The van der Waals surface area contributed by atoms with Crippen molar-refractivity contribution in [2.75, 3.05) is 14.2 Å². The van der Waals surface area contributed by atoms with Crippen LogP contribution in [0.15, 0.2) is 0 Å². The fraction of sp³-hybridized carbons (Fsp3) is 0.143. The van der Waals surface area contributed by atoms with Gasteiger partial charge in [-0.25, -0.2) is 0 Å². The van der Waals surface area contributed by atoms with Crippen molar-refractivity contribution < 1.29 is 36.1 Å². The first-order chi connectivity index (χ1) is 8.69. The molecule has 0 fully saturated rings. The molecule has 0 aromatic heterocycles. The Bertz CT molecular complexity index is 425. The zero-order valence-corrected chi connectivity index (χ0v) is 11.1. The summed E-state index contributed by atoms with van der Waals surface area (Å²) in [4.78, 5) is 21.1. The minimum absolute atomic E-state index is 0. The summed E-state index contributed by atoms with van der Waals surface area (Å²) in [6.07, 6.45) is 0. The number of carbonyl (C=O) groups is 2. The number of esters is 2. The van der Waals surface area contributed by atoms with E-state index in [0.717, 1.165) is 0 Å². The van der Waals surface area contributed by atoms with E-state index in [0.29, 0.717) is 0 Å². The summed E-state index contributed by atoms with van der Waals surface area (Å²) in [7, 11) is 2.61. The van der Waals surface area contributed by atoms with Gasteiger partial charge in [0.25, 0.3) is 0 Å². The Kier molecular flexibility index (Phi) is 8.25. The minimum Gasteiger partial charge on any atom is -0.886 e. The second-order valence-corrected chi connectivity index (χ2v) is 2.73. The van der Waals surface area contributed by atoms with Crippen LogP contribution >= 0.6 is 0 Å². The SMILES string of the molecule is COC(=O)[c-]1[c-][c-][c-][c-]1.COC(=O)[c-]1[c-][c-][c-][c-]1.[Fe]. The quantitative estimate of drug-likeness (QED) is 0.467. The third-order valence-electron chi connectivity index (χ3n) is 1.65. The molecule has 5 heteroatoms. The fourth-order valence-electron chi connectivity index (χ4n) is 0.846. The molecule has 0 bridgehead atoms. The van der Waals surface area contributed by atoms with Crippen LogP contribution in [-0.2, 0) is 26.5 Å². The Morgan fingerprint density at radius 1 is 0.737 bits per heavy atom. The van der Waals surface area contributed by atoms with Gasteiger partial charge in [-0.15, -0.1) is 0 Å². The molecule has 2 aromatic rings. The molecule has 0 radical (unpaired) electrons. The van der Waals surface area contributed by atoms with Crippen LogP contribution in [0.4, 0.5) is 0 Å². The van der Waals surface area contributed by atoms with Gasteiger partial charge in [-0.2, -0.15) is 0 Å². The van der Waals surface area contributed by atoms with E-state index < -0.39 is 11.9 Å². The van der Waals surface area contributed by atoms with Gasteiger partial charge in [0.05, 0.1) is 0 Å². The second-order valence-electron chi connectivity index (χ2n) is 2.73. The van der Waals surface area contributed by atoms with Crippen molar-refractivity contribution in [1.29, 1.82) is 0 Å². The first-order valence-electron chi connectivity index (χ1n) is 4.63. The van der Waals surface area contributed by atoms with E-state index in [-0.39, 0.29) is 28.2 Å². The molecule has 0 spiro atoms. The molecule has 0 atom stereocenters. The molecule has 2 aromatic carbocycles. The molecule has 0 aliphatic carbocycles. The topological polar surface area (TPSA) is 52.6 Å². The maximum atomic E-state index is 10.5. The maximum absolute atomic E-state index is 10.5. The molecule has 0 aliphatic rings. The van der Waals surface area contributed by atoms with Crippen LogP contribution < -0.4 is 0 Å². The van der Waals surface area contributed by atoms with E-state index in [2.05, 4.69) is 58.0 Å². The molecule has 0 unspecified atom stereocenters. The van der Waals surface area contributed by atoms with Crippen LogP contribution in [0.3, 0.4) is 0 Å². The molecule has 0 aliphatic heterocycles. The molecule has 0 N–H and O–H groups in total. The second kappa shape index (κ2) is 9.14. The summed E-state index contributed by atoms with van der Waals surface area (Å²) in [5.74, 6) is -0.903. The van der Waals surface area contributed by atoms with Gasteiger partial charge in [0.1, 0.15) is 0 Å². The van der Waals surface area contributed by atoms with E-state index in [1.165, 1.54) is 14.2 Å². The summed E-state index contributed by atoms with van der Waals surface area (Å²) in [6, 6.07) is 19.7.